The lowest BCUT2D eigenvalue weighted by molar-refractivity contribution is -0.136. The van der Waals surface area contributed by atoms with Crippen molar-refractivity contribution in [2.45, 2.75) is 32.9 Å². The van der Waals surface area contributed by atoms with Crippen molar-refractivity contribution in [1.29, 1.82) is 0 Å². The molecule has 6 nitrogen and oxygen atoms in total. The Balaban J connectivity index is 1.65. The monoisotopic (exact) mass is 370 g/mol. The molecular formula is C19H19ClN4O2. The Morgan fingerprint density at radius 1 is 1.31 bits per heavy atom. The summed E-state index contributed by atoms with van der Waals surface area (Å²) in [6.45, 7) is 4.35. The fourth-order valence-electron chi connectivity index (χ4n) is 3.54. The van der Waals surface area contributed by atoms with E-state index in [4.69, 9.17) is 16.7 Å². The fourth-order valence-corrected chi connectivity index (χ4v) is 3.81. The van der Waals surface area contributed by atoms with E-state index in [2.05, 4.69) is 15.0 Å². The fraction of sp³-hybridized carbons (Fsp3) is 0.316. The number of benzene rings is 1. The highest BCUT2D eigenvalue weighted by atomic mass is 35.5. The van der Waals surface area contributed by atoms with Crippen LogP contribution in [0.25, 0.3) is 10.9 Å². The van der Waals surface area contributed by atoms with Crippen LogP contribution < -0.4 is 4.90 Å². The van der Waals surface area contributed by atoms with Crippen molar-refractivity contribution in [3.63, 3.8) is 0 Å². The predicted molar refractivity (Wildman–Crippen MR) is 101 cm³/mol. The number of aryl methyl sites for hydroxylation is 2. The quantitative estimate of drug-likeness (QED) is 0.761. The third kappa shape index (κ3) is 3.12. The second-order valence-corrected chi connectivity index (χ2v) is 7.05. The summed E-state index contributed by atoms with van der Waals surface area (Å²) < 4.78 is 1.98. The van der Waals surface area contributed by atoms with Gasteiger partial charge < -0.3 is 10.0 Å². The number of anilines is 1. The molecule has 0 unspecified atom stereocenters. The molecule has 3 aromatic rings. The Hall–Kier alpha value is -2.60. The zero-order valence-electron chi connectivity index (χ0n) is 14.4. The van der Waals surface area contributed by atoms with Gasteiger partial charge in [-0.05, 0) is 36.8 Å². The van der Waals surface area contributed by atoms with Gasteiger partial charge in [-0.1, -0.05) is 11.6 Å². The van der Waals surface area contributed by atoms with E-state index in [0.29, 0.717) is 11.4 Å². The topological polar surface area (TPSA) is 71.2 Å². The van der Waals surface area contributed by atoms with Gasteiger partial charge in [0.05, 0.1) is 36.4 Å². The molecule has 7 heteroatoms. The van der Waals surface area contributed by atoms with Crippen LogP contribution in [0.1, 0.15) is 23.4 Å². The van der Waals surface area contributed by atoms with Crippen LogP contribution in [0, 0.1) is 6.92 Å². The van der Waals surface area contributed by atoms with Crippen LogP contribution in [0.15, 0.2) is 30.5 Å². The zero-order chi connectivity index (χ0) is 18.3. The second kappa shape index (κ2) is 6.61. The molecule has 1 aliphatic heterocycles. The number of carboxylic acid groups (broad SMARTS) is 1. The van der Waals surface area contributed by atoms with E-state index in [-0.39, 0.29) is 6.42 Å². The van der Waals surface area contributed by atoms with E-state index < -0.39 is 5.97 Å². The van der Waals surface area contributed by atoms with E-state index in [1.54, 1.807) is 0 Å². The minimum absolute atomic E-state index is 0.104. The Bertz CT molecular complexity index is 999. The molecule has 1 aliphatic rings. The molecule has 0 saturated heterocycles. The van der Waals surface area contributed by atoms with E-state index >= 15 is 0 Å². The minimum atomic E-state index is -0.798. The first-order valence-electron chi connectivity index (χ1n) is 8.58. The highest BCUT2D eigenvalue weighted by molar-refractivity contribution is 6.31. The maximum atomic E-state index is 10.8. The van der Waals surface area contributed by atoms with Crippen molar-refractivity contribution in [3.8, 4) is 0 Å². The second-order valence-electron chi connectivity index (χ2n) is 6.61. The number of rotatable bonds is 4. The van der Waals surface area contributed by atoms with Crippen molar-refractivity contribution >= 4 is 34.2 Å². The highest BCUT2D eigenvalue weighted by Gasteiger charge is 2.21. The molecule has 2 aromatic heterocycles. The van der Waals surface area contributed by atoms with Gasteiger partial charge in [-0.15, -0.1) is 0 Å². The number of aliphatic carboxylic acids is 1. The van der Waals surface area contributed by atoms with Crippen LogP contribution in [0.3, 0.4) is 0 Å². The third-order valence-electron chi connectivity index (χ3n) is 4.76. The Morgan fingerprint density at radius 2 is 2.15 bits per heavy atom. The first-order chi connectivity index (χ1) is 12.5. The standard InChI is InChI=1S/C19H19ClN4O2/c1-12-8-13(20)9-16-17(4-5-21-19(12)16)23-6-7-24-15(11-23)10-14(22-24)2-3-18(25)26/h4-5,8-10H,2-3,6-7,11H2,1H3,(H,25,26). The Morgan fingerprint density at radius 3 is 2.96 bits per heavy atom. The Kier molecular flexibility index (Phi) is 4.28. The predicted octanol–water partition coefficient (Wildman–Crippen LogP) is 3.43. The Labute approximate surface area is 156 Å². The first kappa shape index (κ1) is 16.8. The number of carbonyl (C=O) groups is 1. The molecule has 0 aliphatic carbocycles. The molecular weight excluding hydrogens is 352 g/mol. The molecule has 0 amide bonds. The summed E-state index contributed by atoms with van der Waals surface area (Å²) in [6.07, 6.45) is 2.40. The first-order valence-corrected chi connectivity index (χ1v) is 8.96. The molecule has 0 atom stereocenters. The van der Waals surface area contributed by atoms with Crippen molar-refractivity contribution in [2.75, 3.05) is 11.4 Å². The summed E-state index contributed by atoms with van der Waals surface area (Å²) in [7, 11) is 0. The average molecular weight is 371 g/mol. The molecule has 0 bridgehead atoms. The van der Waals surface area contributed by atoms with Crippen LogP contribution in [0.2, 0.25) is 5.02 Å². The number of carboxylic acids is 1. The third-order valence-corrected chi connectivity index (χ3v) is 4.98. The van der Waals surface area contributed by atoms with Crippen LogP contribution >= 0.6 is 11.6 Å². The maximum absolute atomic E-state index is 10.8. The molecule has 0 spiro atoms. The van der Waals surface area contributed by atoms with Crippen molar-refractivity contribution < 1.29 is 9.90 Å². The zero-order valence-corrected chi connectivity index (χ0v) is 15.2. The number of nitrogens with zero attached hydrogens (tertiary/aromatic N) is 4. The molecule has 4 rings (SSSR count). The molecule has 0 radical (unpaired) electrons. The van der Waals surface area contributed by atoms with Gasteiger partial charge in [-0.25, -0.2) is 0 Å². The van der Waals surface area contributed by atoms with Gasteiger partial charge in [-0.2, -0.15) is 5.10 Å². The van der Waals surface area contributed by atoms with Crippen molar-refractivity contribution in [1.82, 2.24) is 14.8 Å². The summed E-state index contributed by atoms with van der Waals surface area (Å²) >= 11 is 6.27. The lowest BCUT2D eigenvalue weighted by Gasteiger charge is -2.30. The van der Waals surface area contributed by atoms with Crippen LogP contribution in [0.4, 0.5) is 5.69 Å². The normalized spacial score (nSPS) is 13.8. The molecule has 1 aromatic carbocycles. The molecule has 26 heavy (non-hydrogen) atoms. The SMILES string of the molecule is Cc1cc(Cl)cc2c(N3CCn4nc(CCC(=O)O)cc4C3)ccnc12. The molecule has 134 valence electrons. The molecule has 0 saturated carbocycles. The number of halogens is 1. The molecule has 0 fully saturated rings. The van der Waals surface area contributed by atoms with Gasteiger partial charge in [0.15, 0.2) is 0 Å². The summed E-state index contributed by atoms with van der Waals surface area (Å²) in [6, 6.07) is 7.93. The van der Waals surface area contributed by atoms with E-state index in [0.717, 1.165) is 53.2 Å². The molecule has 3 heterocycles. The van der Waals surface area contributed by atoms with E-state index in [1.165, 1.54) is 0 Å². The van der Waals surface area contributed by atoms with Gasteiger partial charge in [0.2, 0.25) is 0 Å². The maximum Gasteiger partial charge on any atom is 0.303 e. The average Bonchev–Trinajstić information content (AvgIpc) is 3.01. The van der Waals surface area contributed by atoms with Gasteiger partial charge in [0.25, 0.3) is 0 Å². The van der Waals surface area contributed by atoms with E-state index in [1.807, 2.05) is 42.1 Å². The summed E-state index contributed by atoms with van der Waals surface area (Å²) in [5.41, 5.74) is 5.07. The van der Waals surface area contributed by atoms with Gasteiger partial charge in [0, 0.05) is 35.3 Å². The number of hydrogen-bond donors (Lipinski definition) is 1. The van der Waals surface area contributed by atoms with Crippen molar-refractivity contribution in [3.05, 3.63) is 52.4 Å². The van der Waals surface area contributed by atoms with Gasteiger partial charge in [-0.3, -0.25) is 14.5 Å². The smallest absolute Gasteiger partial charge is 0.303 e. The number of aromatic nitrogens is 3. The number of pyridine rings is 1. The van der Waals surface area contributed by atoms with E-state index in [9.17, 15) is 4.79 Å². The summed E-state index contributed by atoms with van der Waals surface area (Å²) in [5, 5.41) is 15.2. The highest BCUT2D eigenvalue weighted by Crippen LogP contribution is 2.32. The summed E-state index contributed by atoms with van der Waals surface area (Å²) in [5.74, 6) is -0.798. The minimum Gasteiger partial charge on any atom is -0.481 e. The molecule has 1 N–H and O–H groups in total. The van der Waals surface area contributed by atoms with Gasteiger partial charge >= 0.3 is 5.97 Å². The van der Waals surface area contributed by atoms with Gasteiger partial charge in [0.1, 0.15) is 0 Å². The number of fused-ring (bicyclic) bond motifs is 2. The lowest BCUT2D eigenvalue weighted by Crippen LogP contribution is -2.33. The largest absolute Gasteiger partial charge is 0.481 e. The van der Waals surface area contributed by atoms with Crippen LogP contribution in [-0.2, 0) is 24.3 Å². The van der Waals surface area contributed by atoms with Crippen molar-refractivity contribution in [2.24, 2.45) is 0 Å². The lowest BCUT2D eigenvalue weighted by atomic mass is 10.1. The van der Waals surface area contributed by atoms with Crippen LogP contribution in [-0.4, -0.2) is 32.4 Å². The number of hydrogen-bond acceptors (Lipinski definition) is 4. The summed E-state index contributed by atoms with van der Waals surface area (Å²) in [4.78, 5) is 17.6. The van der Waals surface area contributed by atoms with Crippen LogP contribution in [0.5, 0.6) is 0 Å².